The highest BCUT2D eigenvalue weighted by molar-refractivity contribution is 5.85. The maximum absolute atomic E-state index is 6.07. The number of anilines is 6. The van der Waals surface area contributed by atoms with Crippen LogP contribution < -0.4 is 14.5 Å². The van der Waals surface area contributed by atoms with E-state index in [9.17, 15) is 0 Å². The molecule has 54 heavy (non-hydrogen) atoms. The summed E-state index contributed by atoms with van der Waals surface area (Å²) in [6, 6.07) is 63.2. The topological polar surface area (TPSA) is 15.7 Å². The average molecular weight is 707 g/mol. The smallest absolute Gasteiger partial charge is 0.123 e. The molecule has 0 saturated carbocycles. The van der Waals surface area contributed by atoms with Crippen LogP contribution in [0.4, 0.5) is 34.1 Å². The Kier molecular flexibility index (Phi) is 10.2. The molecule has 0 N–H and O–H groups in total. The van der Waals surface area contributed by atoms with Crippen LogP contribution in [0.2, 0.25) is 0 Å². The molecule has 7 aromatic rings. The highest BCUT2D eigenvalue weighted by atomic mass is 16.5. The molecule has 7 rings (SSSR count). The third kappa shape index (κ3) is 7.96. The van der Waals surface area contributed by atoms with E-state index in [-0.39, 0.29) is 10.8 Å². The van der Waals surface area contributed by atoms with Gasteiger partial charge in [-0.3, -0.25) is 0 Å². The predicted molar refractivity (Wildman–Crippen MR) is 231 cm³/mol. The molecule has 0 amide bonds. The van der Waals surface area contributed by atoms with E-state index < -0.39 is 0 Å². The van der Waals surface area contributed by atoms with Gasteiger partial charge in [0.2, 0.25) is 0 Å². The van der Waals surface area contributed by atoms with Crippen molar-refractivity contribution in [3.63, 3.8) is 0 Å². The molecular formula is C51H50N2O. The van der Waals surface area contributed by atoms with Crippen LogP contribution in [0.25, 0.3) is 22.3 Å². The minimum Gasteiger partial charge on any atom is -0.497 e. The Morgan fingerprint density at radius 2 is 0.630 bits per heavy atom. The summed E-state index contributed by atoms with van der Waals surface area (Å²) in [5, 5.41) is 0. The van der Waals surface area contributed by atoms with Gasteiger partial charge < -0.3 is 14.5 Å². The van der Waals surface area contributed by atoms with Crippen molar-refractivity contribution >= 4 is 34.1 Å². The summed E-state index contributed by atoms with van der Waals surface area (Å²) in [4.78, 5) is 4.65. The van der Waals surface area contributed by atoms with Crippen LogP contribution in [0, 0.1) is 0 Å². The lowest BCUT2D eigenvalue weighted by Gasteiger charge is -2.31. The SMILES string of the molecule is COc1cc(N(c2ccc(-c3ccccc3)cc2)c2ccc(C(C)(C)C)cc2)cc(N(c2ccc(-c3ccccc3)cc2)c2ccc(C(C)(C)C)cc2)c1. The van der Waals surface area contributed by atoms with Crippen LogP contribution in [-0.4, -0.2) is 7.11 Å². The number of nitrogens with zero attached hydrogens (tertiary/aromatic N) is 2. The number of hydrogen-bond donors (Lipinski definition) is 0. The molecule has 0 atom stereocenters. The number of methoxy groups -OCH3 is 1. The van der Waals surface area contributed by atoms with Crippen molar-refractivity contribution < 1.29 is 4.74 Å². The van der Waals surface area contributed by atoms with Crippen molar-refractivity contribution in [3.05, 3.63) is 187 Å². The zero-order chi connectivity index (χ0) is 37.9. The van der Waals surface area contributed by atoms with Crippen molar-refractivity contribution in [2.24, 2.45) is 0 Å². The summed E-state index contributed by atoms with van der Waals surface area (Å²) >= 11 is 0. The van der Waals surface area contributed by atoms with Crippen molar-refractivity contribution in [3.8, 4) is 28.0 Å². The Balaban J connectivity index is 1.38. The van der Waals surface area contributed by atoms with Crippen LogP contribution in [0.3, 0.4) is 0 Å². The Morgan fingerprint density at radius 1 is 0.333 bits per heavy atom. The molecule has 0 aromatic heterocycles. The minimum atomic E-state index is 0.0446. The first-order valence-electron chi connectivity index (χ1n) is 18.8. The fourth-order valence-corrected chi connectivity index (χ4v) is 6.93. The highest BCUT2D eigenvalue weighted by Crippen LogP contribution is 2.44. The Bertz CT molecular complexity index is 2120. The van der Waals surface area contributed by atoms with Gasteiger partial charge in [-0.1, -0.05) is 151 Å². The normalized spacial score (nSPS) is 11.6. The van der Waals surface area contributed by atoms with Crippen molar-refractivity contribution in [1.29, 1.82) is 0 Å². The summed E-state index contributed by atoms with van der Waals surface area (Å²) in [5.41, 5.74) is 13.7. The van der Waals surface area contributed by atoms with Crippen LogP contribution in [0.5, 0.6) is 5.75 Å². The van der Waals surface area contributed by atoms with Gasteiger partial charge in [0, 0.05) is 34.9 Å². The van der Waals surface area contributed by atoms with Gasteiger partial charge in [0.1, 0.15) is 5.75 Å². The summed E-state index contributed by atoms with van der Waals surface area (Å²) in [7, 11) is 1.75. The monoisotopic (exact) mass is 706 g/mol. The summed E-state index contributed by atoms with van der Waals surface area (Å²) in [5.74, 6) is 0.775. The number of ether oxygens (including phenoxy) is 1. The molecule has 0 aliphatic rings. The van der Waals surface area contributed by atoms with Gasteiger partial charge in [-0.25, -0.2) is 0 Å². The molecule has 0 spiro atoms. The van der Waals surface area contributed by atoms with E-state index >= 15 is 0 Å². The average Bonchev–Trinajstić information content (AvgIpc) is 3.19. The standard InChI is InChI=1S/C51H50N2O/c1-50(2,3)41-22-30-45(31-23-41)52(43-26-18-39(19-27-43)37-14-10-8-11-15-37)47-34-48(36-49(35-47)54-7)53(46-32-24-42(25-33-46)51(4,5)6)44-28-20-40(21-29-44)38-16-12-9-13-17-38/h8-36H,1-7H3. The zero-order valence-electron chi connectivity index (χ0n) is 32.5. The van der Waals surface area contributed by atoms with E-state index in [0.717, 1.165) is 39.9 Å². The van der Waals surface area contributed by atoms with Gasteiger partial charge in [0.25, 0.3) is 0 Å². The van der Waals surface area contributed by atoms with E-state index in [1.807, 2.05) is 0 Å². The van der Waals surface area contributed by atoms with Crippen molar-refractivity contribution in [2.75, 3.05) is 16.9 Å². The Hall–Kier alpha value is -6.06. The van der Waals surface area contributed by atoms with Crippen molar-refractivity contribution in [1.82, 2.24) is 0 Å². The highest BCUT2D eigenvalue weighted by Gasteiger charge is 2.22. The number of hydrogen-bond acceptors (Lipinski definition) is 3. The maximum atomic E-state index is 6.07. The maximum Gasteiger partial charge on any atom is 0.123 e. The summed E-state index contributed by atoms with van der Waals surface area (Å²) in [6.45, 7) is 13.5. The van der Waals surface area contributed by atoms with Crippen LogP contribution >= 0.6 is 0 Å². The van der Waals surface area contributed by atoms with E-state index in [1.165, 1.54) is 33.4 Å². The molecule has 3 heteroatoms. The van der Waals surface area contributed by atoms with Crippen LogP contribution in [0.1, 0.15) is 52.7 Å². The van der Waals surface area contributed by atoms with Gasteiger partial charge in [-0.2, -0.15) is 0 Å². The lowest BCUT2D eigenvalue weighted by Crippen LogP contribution is -2.15. The fourth-order valence-electron chi connectivity index (χ4n) is 6.93. The van der Waals surface area contributed by atoms with E-state index in [0.29, 0.717) is 0 Å². The quantitative estimate of drug-likeness (QED) is 0.149. The molecule has 7 aromatic carbocycles. The third-order valence-corrected chi connectivity index (χ3v) is 10.1. The van der Waals surface area contributed by atoms with Gasteiger partial charge in [-0.05, 0) is 98.8 Å². The second-order valence-electron chi connectivity index (χ2n) is 16.0. The van der Waals surface area contributed by atoms with Gasteiger partial charge in [0.05, 0.1) is 18.5 Å². The van der Waals surface area contributed by atoms with Crippen LogP contribution in [0.15, 0.2) is 176 Å². The molecule has 270 valence electrons. The molecule has 0 unspecified atom stereocenters. The Labute approximate surface area is 322 Å². The Morgan fingerprint density at radius 3 is 0.926 bits per heavy atom. The first-order valence-corrected chi connectivity index (χ1v) is 18.8. The molecule has 0 saturated heterocycles. The van der Waals surface area contributed by atoms with Gasteiger partial charge >= 0.3 is 0 Å². The molecule has 0 heterocycles. The first-order chi connectivity index (χ1) is 26.0. The largest absolute Gasteiger partial charge is 0.497 e. The molecular weight excluding hydrogens is 657 g/mol. The number of benzene rings is 7. The molecule has 0 aliphatic carbocycles. The second kappa shape index (κ2) is 15.1. The van der Waals surface area contributed by atoms with Crippen molar-refractivity contribution in [2.45, 2.75) is 52.4 Å². The third-order valence-electron chi connectivity index (χ3n) is 10.1. The van der Waals surface area contributed by atoms with Gasteiger partial charge in [-0.15, -0.1) is 0 Å². The molecule has 0 bridgehead atoms. The second-order valence-corrected chi connectivity index (χ2v) is 16.0. The zero-order valence-corrected chi connectivity index (χ0v) is 32.5. The van der Waals surface area contributed by atoms with Crippen LogP contribution in [-0.2, 0) is 10.8 Å². The fraction of sp³-hybridized carbons (Fsp3) is 0.176. The number of rotatable bonds is 9. The molecule has 0 radical (unpaired) electrons. The van der Waals surface area contributed by atoms with E-state index in [2.05, 4.69) is 227 Å². The van der Waals surface area contributed by atoms with Gasteiger partial charge in [0.15, 0.2) is 0 Å². The van der Waals surface area contributed by atoms with E-state index in [4.69, 9.17) is 4.74 Å². The summed E-state index contributed by atoms with van der Waals surface area (Å²) in [6.07, 6.45) is 0. The molecule has 3 nitrogen and oxygen atoms in total. The lowest BCUT2D eigenvalue weighted by molar-refractivity contribution is 0.415. The molecule has 0 fully saturated rings. The lowest BCUT2D eigenvalue weighted by atomic mass is 9.87. The first kappa shape index (κ1) is 36.3. The van der Waals surface area contributed by atoms with E-state index in [1.54, 1.807) is 7.11 Å². The predicted octanol–water partition coefficient (Wildman–Crippen LogP) is 14.6. The summed E-state index contributed by atoms with van der Waals surface area (Å²) < 4.78 is 6.07. The molecule has 0 aliphatic heterocycles. The minimum absolute atomic E-state index is 0.0446.